The number of carbonyl (C=O) groups is 2. The molecule has 0 radical (unpaired) electrons. The number of aromatic amines is 1. The summed E-state index contributed by atoms with van der Waals surface area (Å²) in [5.41, 5.74) is 0. The summed E-state index contributed by atoms with van der Waals surface area (Å²) >= 11 is 6.99. The first kappa shape index (κ1) is 21.6. The van der Waals surface area contributed by atoms with Crippen molar-refractivity contribution in [1.29, 1.82) is 0 Å². The van der Waals surface area contributed by atoms with E-state index in [1.54, 1.807) is 41.2 Å². The molecule has 0 saturated carbocycles. The van der Waals surface area contributed by atoms with Gasteiger partial charge in [-0.3, -0.25) is 4.79 Å². The van der Waals surface area contributed by atoms with Crippen LogP contribution in [0.1, 0.15) is 26.7 Å². The predicted octanol–water partition coefficient (Wildman–Crippen LogP) is 2.81. The van der Waals surface area contributed by atoms with E-state index in [2.05, 4.69) is 20.3 Å². The molecule has 0 aromatic carbocycles. The molecule has 2 aliphatic heterocycles. The second-order valence-electron chi connectivity index (χ2n) is 7.76. The molecule has 2 amide bonds. The number of anilines is 1. The van der Waals surface area contributed by atoms with Crippen molar-refractivity contribution in [3.05, 3.63) is 30.7 Å². The van der Waals surface area contributed by atoms with Gasteiger partial charge in [-0.25, -0.2) is 19.7 Å². The number of ether oxygens (including phenoxy) is 1. The molecule has 0 bridgehead atoms. The third-order valence-electron chi connectivity index (χ3n) is 5.24. The Kier molecular flexibility index (Phi) is 6.42. The number of rotatable bonds is 5. The van der Waals surface area contributed by atoms with Gasteiger partial charge in [0.1, 0.15) is 11.9 Å². The molecule has 4 heterocycles. The number of amides is 2. The number of likely N-dealkylation sites (tertiary alicyclic amines) is 1. The lowest BCUT2D eigenvalue weighted by molar-refractivity contribution is -0.119. The van der Waals surface area contributed by atoms with Gasteiger partial charge in [0.05, 0.1) is 6.20 Å². The third-order valence-corrected chi connectivity index (χ3v) is 6.79. The number of hydrogen-bond acceptors (Lipinski definition) is 7. The number of imidazole rings is 1. The van der Waals surface area contributed by atoms with Crippen LogP contribution in [0, 0.1) is 5.92 Å². The summed E-state index contributed by atoms with van der Waals surface area (Å²) in [6.07, 6.45) is 6.32. The van der Waals surface area contributed by atoms with Gasteiger partial charge in [0.2, 0.25) is 0 Å². The van der Waals surface area contributed by atoms with Gasteiger partial charge in [-0.1, -0.05) is 25.6 Å². The van der Waals surface area contributed by atoms with Crippen LogP contribution in [0.2, 0.25) is 0 Å². The van der Waals surface area contributed by atoms with Crippen LogP contribution in [0.5, 0.6) is 5.75 Å². The van der Waals surface area contributed by atoms with E-state index in [0.717, 1.165) is 18.0 Å². The maximum Gasteiger partial charge on any atom is 0.415 e. The van der Waals surface area contributed by atoms with Crippen molar-refractivity contribution in [3.8, 4) is 5.75 Å². The van der Waals surface area contributed by atoms with Crippen LogP contribution >= 0.6 is 24.0 Å². The zero-order valence-corrected chi connectivity index (χ0v) is 18.9. The van der Waals surface area contributed by atoms with E-state index >= 15 is 0 Å². The molecule has 2 aromatic heterocycles. The number of thioether (sulfide) groups is 1. The minimum atomic E-state index is -0.398. The van der Waals surface area contributed by atoms with E-state index in [1.165, 1.54) is 11.1 Å². The summed E-state index contributed by atoms with van der Waals surface area (Å²) in [4.78, 5) is 39.8. The molecule has 2 N–H and O–H groups in total. The van der Waals surface area contributed by atoms with Gasteiger partial charge in [-0.15, -0.1) is 0 Å². The maximum absolute atomic E-state index is 12.6. The average molecular weight is 461 g/mol. The number of pyridine rings is 1. The van der Waals surface area contributed by atoms with Crippen molar-refractivity contribution in [1.82, 2.24) is 25.2 Å². The van der Waals surface area contributed by atoms with Crippen LogP contribution in [0.3, 0.4) is 0 Å². The molecule has 1 atom stereocenters. The molecule has 4 rings (SSSR count). The van der Waals surface area contributed by atoms with E-state index in [1.807, 2.05) is 13.8 Å². The van der Waals surface area contributed by atoms with E-state index in [0.29, 0.717) is 35.0 Å². The van der Waals surface area contributed by atoms with Crippen molar-refractivity contribution in [3.63, 3.8) is 0 Å². The van der Waals surface area contributed by atoms with Crippen LogP contribution in [0.15, 0.2) is 35.9 Å². The molecular formula is C20H24N6O3S2. The largest absolute Gasteiger partial charge is 0.415 e. The Labute approximate surface area is 189 Å². The first-order chi connectivity index (χ1) is 14.9. The molecule has 164 valence electrons. The zero-order valence-electron chi connectivity index (χ0n) is 17.3. The number of hydrogen-bond donors (Lipinski definition) is 2. The topological polar surface area (TPSA) is 103 Å². The first-order valence-corrected chi connectivity index (χ1v) is 11.4. The van der Waals surface area contributed by atoms with Crippen molar-refractivity contribution >= 4 is 46.9 Å². The number of thiocarbonyl (C=S) groups is 1. The van der Waals surface area contributed by atoms with Gasteiger partial charge in [0, 0.05) is 30.7 Å². The number of piperidine rings is 1. The number of nitrogens with zero attached hydrogens (tertiary/aromatic N) is 4. The van der Waals surface area contributed by atoms with Gasteiger partial charge >= 0.3 is 6.09 Å². The molecule has 2 aromatic rings. The summed E-state index contributed by atoms with van der Waals surface area (Å²) in [6.45, 7) is 5.16. The number of nitrogens with one attached hydrogen (secondary N) is 2. The van der Waals surface area contributed by atoms with Gasteiger partial charge < -0.3 is 19.9 Å². The highest BCUT2D eigenvalue weighted by Crippen LogP contribution is 2.28. The highest BCUT2D eigenvalue weighted by atomic mass is 32.2. The van der Waals surface area contributed by atoms with Crippen LogP contribution in [0.4, 0.5) is 10.6 Å². The highest BCUT2D eigenvalue weighted by Gasteiger charge is 2.38. The second kappa shape index (κ2) is 9.23. The fraction of sp³-hybridized carbons (Fsp3) is 0.450. The summed E-state index contributed by atoms with van der Waals surface area (Å²) < 4.78 is 5.47. The Bertz CT molecular complexity index is 942. The lowest BCUT2D eigenvalue weighted by atomic mass is 10.1. The van der Waals surface area contributed by atoms with Crippen LogP contribution in [-0.2, 0) is 4.79 Å². The molecule has 9 nitrogen and oxygen atoms in total. The quantitative estimate of drug-likeness (QED) is 0.657. The standard InChI is InChI=1S/C20H24N6O3S2/c1-12(2)16-17(27)26(19(30)24-16)15-4-3-13(11-23-15)29-20(28)25-9-5-14(6-10-25)31-18-21-7-8-22-18/h3-4,7-8,11-12,14,16H,5-6,9-10H2,1-2H3,(H,21,22)(H,24,30). The van der Waals surface area contributed by atoms with Gasteiger partial charge in [0.25, 0.3) is 5.91 Å². The molecule has 11 heteroatoms. The third kappa shape index (κ3) is 4.82. The van der Waals surface area contributed by atoms with Crippen LogP contribution in [-0.4, -0.2) is 61.3 Å². The second-order valence-corrected chi connectivity index (χ2v) is 9.44. The molecule has 2 aliphatic rings. The van der Waals surface area contributed by atoms with E-state index < -0.39 is 6.09 Å². The van der Waals surface area contributed by atoms with Gasteiger partial charge in [-0.05, 0) is 43.1 Å². The smallest absolute Gasteiger partial charge is 0.409 e. The van der Waals surface area contributed by atoms with Crippen molar-refractivity contribution in [2.24, 2.45) is 5.92 Å². The van der Waals surface area contributed by atoms with E-state index in [-0.39, 0.29) is 17.9 Å². The van der Waals surface area contributed by atoms with E-state index in [4.69, 9.17) is 17.0 Å². The number of aromatic nitrogens is 3. The Balaban J connectivity index is 1.31. The lowest BCUT2D eigenvalue weighted by Crippen LogP contribution is -2.41. The monoisotopic (exact) mass is 460 g/mol. The Morgan fingerprint density at radius 3 is 2.65 bits per heavy atom. The SMILES string of the molecule is CC(C)C1NC(=S)N(c2ccc(OC(=O)N3CCC(Sc4ncc[nH]4)CC3)cn2)C1=O. The van der Waals surface area contributed by atoms with Gasteiger partial charge in [-0.2, -0.15) is 0 Å². The normalized spacial score (nSPS) is 19.8. The highest BCUT2D eigenvalue weighted by molar-refractivity contribution is 7.99. The summed E-state index contributed by atoms with van der Waals surface area (Å²) in [5, 5.41) is 4.68. The van der Waals surface area contributed by atoms with Gasteiger partial charge in [0.15, 0.2) is 16.0 Å². The summed E-state index contributed by atoms with van der Waals surface area (Å²) in [6, 6.07) is 2.89. The minimum absolute atomic E-state index is 0.109. The Morgan fingerprint density at radius 2 is 2.06 bits per heavy atom. The minimum Gasteiger partial charge on any atom is -0.409 e. The Morgan fingerprint density at radius 1 is 1.29 bits per heavy atom. The Hall–Kier alpha value is -2.66. The average Bonchev–Trinajstić information content (AvgIpc) is 3.37. The summed E-state index contributed by atoms with van der Waals surface area (Å²) in [7, 11) is 0. The fourth-order valence-electron chi connectivity index (χ4n) is 3.53. The van der Waals surface area contributed by atoms with Crippen LogP contribution in [0.25, 0.3) is 0 Å². The molecule has 31 heavy (non-hydrogen) atoms. The predicted molar refractivity (Wildman–Crippen MR) is 121 cm³/mol. The van der Waals surface area contributed by atoms with Crippen molar-refractivity contribution < 1.29 is 14.3 Å². The first-order valence-electron chi connectivity index (χ1n) is 10.2. The molecule has 0 aliphatic carbocycles. The number of H-pyrrole nitrogens is 1. The van der Waals surface area contributed by atoms with Crippen molar-refractivity contribution in [2.75, 3.05) is 18.0 Å². The van der Waals surface area contributed by atoms with Crippen LogP contribution < -0.4 is 15.0 Å². The summed E-state index contributed by atoms with van der Waals surface area (Å²) in [5.74, 6) is 0.706. The van der Waals surface area contributed by atoms with E-state index in [9.17, 15) is 9.59 Å². The van der Waals surface area contributed by atoms with Crippen molar-refractivity contribution in [2.45, 2.75) is 43.1 Å². The molecule has 1 unspecified atom stereocenters. The lowest BCUT2D eigenvalue weighted by Gasteiger charge is -2.30. The maximum atomic E-state index is 12.6. The molecule has 2 fully saturated rings. The fourth-order valence-corrected chi connectivity index (χ4v) is 4.86. The molecular weight excluding hydrogens is 436 g/mol. The molecule has 0 spiro atoms. The number of carbonyl (C=O) groups excluding carboxylic acids is 2. The molecule has 2 saturated heterocycles. The zero-order chi connectivity index (χ0) is 22.0.